The molecule has 2 fully saturated rings. The fourth-order valence-corrected chi connectivity index (χ4v) is 4.43. The van der Waals surface area contributed by atoms with Crippen molar-refractivity contribution in [2.24, 2.45) is 0 Å². The van der Waals surface area contributed by atoms with Crippen LogP contribution in [0.15, 0.2) is 30.3 Å². The molecular weight excluding hydrogens is 370 g/mol. The molecule has 29 heavy (non-hydrogen) atoms. The molecule has 0 saturated carbocycles. The largest absolute Gasteiger partial charge is 0.480 e. The number of nitrogens with zero attached hydrogens (tertiary/aromatic N) is 4. The number of likely N-dealkylation sites (tertiary alicyclic amines) is 2. The first-order chi connectivity index (χ1) is 14.1. The van der Waals surface area contributed by atoms with E-state index in [0.717, 1.165) is 56.6 Å². The maximum atomic E-state index is 13.0. The van der Waals surface area contributed by atoms with Gasteiger partial charge >= 0.3 is 5.97 Å². The SMILES string of the molecule is O=C(O)CN1CCCCC(N2CCCC(c3nc(-c4ccccc4)n[nH]3)C2)C1=O. The summed E-state index contributed by atoms with van der Waals surface area (Å²) in [5, 5.41) is 16.6. The van der Waals surface area contributed by atoms with Gasteiger partial charge in [0.2, 0.25) is 5.91 Å². The lowest BCUT2D eigenvalue weighted by molar-refractivity contribution is -0.146. The van der Waals surface area contributed by atoms with E-state index >= 15 is 0 Å². The second kappa shape index (κ2) is 8.73. The summed E-state index contributed by atoms with van der Waals surface area (Å²) in [5.74, 6) is 0.740. The molecular formula is C21H27N5O3. The Morgan fingerprint density at radius 2 is 1.97 bits per heavy atom. The van der Waals surface area contributed by atoms with Gasteiger partial charge in [0, 0.05) is 24.6 Å². The van der Waals surface area contributed by atoms with E-state index < -0.39 is 5.97 Å². The van der Waals surface area contributed by atoms with Gasteiger partial charge in [0.05, 0.1) is 6.04 Å². The number of rotatable bonds is 5. The van der Waals surface area contributed by atoms with Crippen LogP contribution in [0.3, 0.4) is 0 Å². The molecule has 2 N–H and O–H groups in total. The Labute approximate surface area is 169 Å². The molecule has 2 saturated heterocycles. The van der Waals surface area contributed by atoms with Gasteiger partial charge in [0.1, 0.15) is 12.4 Å². The zero-order valence-corrected chi connectivity index (χ0v) is 16.5. The van der Waals surface area contributed by atoms with Gasteiger partial charge in [-0.1, -0.05) is 30.3 Å². The molecule has 2 atom stereocenters. The van der Waals surface area contributed by atoms with Crippen LogP contribution in [0.1, 0.15) is 43.8 Å². The number of carbonyl (C=O) groups is 2. The van der Waals surface area contributed by atoms with Crippen LogP contribution >= 0.6 is 0 Å². The third-order valence-electron chi connectivity index (χ3n) is 5.89. The first-order valence-corrected chi connectivity index (χ1v) is 10.3. The van der Waals surface area contributed by atoms with Gasteiger partial charge in [-0.3, -0.25) is 19.6 Å². The van der Waals surface area contributed by atoms with E-state index in [0.29, 0.717) is 12.4 Å². The number of piperidine rings is 1. The zero-order chi connectivity index (χ0) is 20.2. The monoisotopic (exact) mass is 397 g/mol. The number of benzene rings is 1. The number of aromatic nitrogens is 3. The Hall–Kier alpha value is -2.74. The molecule has 2 aromatic rings. The topological polar surface area (TPSA) is 102 Å². The quantitative estimate of drug-likeness (QED) is 0.801. The van der Waals surface area contributed by atoms with Gasteiger partial charge < -0.3 is 10.0 Å². The summed E-state index contributed by atoms with van der Waals surface area (Å²) >= 11 is 0. The molecule has 2 aliphatic rings. The average molecular weight is 397 g/mol. The molecule has 8 heteroatoms. The number of hydrogen-bond donors (Lipinski definition) is 2. The minimum Gasteiger partial charge on any atom is -0.480 e. The highest BCUT2D eigenvalue weighted by atomic mass is 16.4. The number of amides is 1. The molecule has 8 nitrogen and oxygen atoms in total. The van der Waals surface area contributed by atoms with E-state index in [1.165, 1.54) is 4.90 Å². The van der Waals surface area contributed by atoms with Crippen molar-refractivity contribution in [2.45, 2.75) is 44.1 Å². The van der Waals surface area contributed by atoms with Gasteiger partial charge in [-0.15, -0.1) is 0 Å². The summed E-state index contributed by atoms with van der Waals surface area (Å²) in [6.07, 6.45) is 4.56. The first-order valence-electron chi connectivity index (χ1n) is 10.3. The number of nitrogens with one attached hydrogen (secondary N) is 1. The van der Waals surface area contributed by atoms with Gasteiger partial charge in [-0.05, 0) is 38.6 Å². The van der Waals surface area contributed by atoms with Crippen LogP contribution < -0.4 is 0 Å². The number of hydrogen-bond acceptors (Lipinski definition) is 5. The lowest BCUT2D eigenvalue weighted by Gasteiger charge is -2.37. The molecule has 2 aliphatic heterocycles. The van der Waals surface area contributed by atoms with Crippen LogP contribution in [0.25, 0.3) is 11.4 Å². The predicted molar refractivity (Wildman–Crippen MR) is 107 cm³/mol. The van der Waals surface area contributed by atoms with Crippen LogP contribution in [0, 0.1) is 0 Å². The summed E-state index contributed by atoms with van der Waals surface area (Å²) in [6, 6.07) is 9.63. The summed E-state index contributed by atoms with van der Waals surface area (Å²) in [4.78, 5) is 32.6. The van der Waals surface area contributed by atoms with Gasteiger partial charge in [0.25, 0.3) is 0 Å². The third kappa shape index (κ3) is 4.48. The van der Waals surface area contributed by atoms with E-state index in [1.54, 1.807) is 0 Å². The molecule has 0 bridgehead atoms. The maximum Gasteiger partial charge on any atom is 0.323 e. The molecule has 4 rings (SSSR count). The molecule has 1 aromatic heterocycles. The number of aliphatic carboxylic acids is 1. The number of H-pyrrole nitrogens is 1. The van der Waals surface area contributed by atoms with Gasteiger partial charge in [-0.25, -0.2) is 4.98 Å². The molecule has 154 valence electrons. The van der Waals surface area contributed by atoms with Crippen molar-refractivity contribution in [1.82, 2.24) is 25.0 Å². The molecule has 1 amide bonds. The lowest BCUT2D eigenvalue weighted by Crippen LogP contribution is -2.51. The summed E-state index contributed by atoms with van der Waals surface area (Å²) in [7, 11) is 0. The normalized spacial score (nSPS) is 23.7. The van der Waals surface area contributed by atoms with Crippen LogP contribution in [0.2, 0.25) is 0 Å². The van der Waals surface area contributed by atoms with Crippen LogP contribution in [0.5, 0.6) is 0 Å². The fourth-order valence-electron chi connectivity index (χ4n) is 4.43. The Morgan fingerprint density at radius 1 is 1.14 bits per heavy atom. The number of carboxylic acids is 1. The van der Waals surface area contributed by atoms with Crippen LogP contribution in [-0.2, 0) is 9.59 Å². The minimum absolute atomic E-state index is 0.0481. The smallest absolute Gasteiger partial charge is 0.323 e. The first kappa shape index (κ1) is 19.6. The second-order valence-electron chi connectivity index (χ2n) is 7.91. The molecule has 3 heterocycles. The number of carbonyl (C=O) groups excluding carboxylic acids is 1. The molecule has 2 unspecified atom stereocenters. The highest BCUT2D eigenvalue weighted by molar-refractivity contribution is 5.85. The minimum atomic E-state index is -0.953. The van der Waals surface area contributed by atoms with Crippen molar-refractivity contribution in [3.63, 3.8) is 0 Å². The van der Waals surface area contributed by atoms with E-state index in [4.69, 9.17) is 10.1 Å². The van der Waals surface area contributed by atoms with Crippen molar-refractivity contribution in [3.8, 4) is 11.4 Å². The van der Waals surface area contributed by atoms with Crippen molar-refractivity contribution in [1.29, 1.82) is 0 Å². The number of carboxylic acid groups (broad SMARTS) is 1. The zero-order valence-electron chi connectivity index (χ0n) is 16.5. The van der Waals surface area contributed by atoms with E-state index in [1.807, 2.05) is 30.3 Å². The summed E-state index contributed by atoms with van der Waals surface area (Å²) in [5.41, 5.74) is 0.978. The summed E-state index contributed by atoms with van der Waals surface area (Å²) in [6.45, 7) is 1.91. The summed E-state index contributed by atoms with van der Waals surface area (Å²) < 4.78 is 0. The predicted octanol–water partition coefficient (Wildman–Crippen LogP) is 2.12. The maximum absolute atomic E-state index is 13.0. The average Bonchev–Trinajstić information content (AvgIpc) is 3.16. The van der Waals surface area contributed by atoms with E-state index in [2.05, 4.69) is 15.1 Å². The van der Waals surface area contributed by atoms with Crippen LogP contribution in [0.4, 0.5) is 0 Å². The molecule has 0 radical (unpaired) electrons. The Morgan fingerprint density at radius 3 is 2.76 bits per heavy atom. The van der Waals surface area contributed by atoms with Crippen molar-refractivity contribution in [2.75, 3.05) is 26.2 Å². The molecule has 0 spiro atoms. The van der Waals surface area contributed by atoms with E-state index in [-0.39, 0.29) is 24.4 Å². The Balaban J connectivity index is 1.47. The van der Waals surface area contributed by atoms with Gasteiger partial charge in [0.15, 0.2) is 5.82 Å². The fraction of sp³-hybridized carbons (Fsp3) is 0.524. The Kier molecular flexibility index (Phi) is 5.89. The highest BCUT2D eigenvalue weighted by Crippen LogP contribution is 2.29. The van der Waals surface area contributed by atoms with Gasteiger partial charge in [-0.2, -0.15) is 5.10 Å². The van der Waals surface area contributed by atoms with E-state index in [9.17, 15) is 9.59 Å². The third-order valence-corrected chi connectivity index (χ3v) is 5.89. The second-order valence-corrected chi connectivity index (χ2v) is 7.91. The van der Waals surface area contributed by atoms with Crippen molar-refractivity contribution < 1.29 is 14.7 Å². The molecule has 0 aliphatic carbocycles. The van der Waals surface area contributed by atoms with Crippen molar-refractivity contribution >= 4 is 11.9 Å². The number of aromatic amines is 1. The molecule has 1 aromatic carbocycles. The Bertz CT molecular complexity index is 853. The lowest BCUT2D eigenvalue weighted by atomic mass is 9.94. The standard InChI is InChI=1S/C21H27N5O3/c27-18(28)14-26-11-5-4-10-17(21(26)29)25-12-6-9-16(13-25)20-22-19(23-24-20)15-7-2-1-3-8-15/h1-3,7-8,16-17H,4-6,9-14H2,(H,27,28)(H,22,23,24). The van der Waals surface area contributed by atoms with Crippen molar-refractivity contribution in [3.05, 3.63) is 36.2 Å². The van der Waals surface area contributed by atoms with Crippen LogP contribution in [-0.4, -0.2) is 74.2 Å². The highest BCUT2D eigenvalue weighted by Gasteiger charge is 2.36.